The third-order valence-corrected chi connectivity index (χ3v) is 4.62. The number of halogens is 1. The SMILES string of the molecule is COc1ccc(Cl)cc1CC1(N)CCC(C)(C)CC1. The van der Waals surface area contributed by atoms with Crippen LogP contribution in [0.1, 0.15) is 45.1 Å². The molecule has 0 bridgehead atoms. The lowest BCUT2D eigenvalue weighted by Gasteiger charge is -2.41. The lowest BCUT2D eigenvalue weighted by atomic mass is 9.68. The molecule has 1 aliphatic rings. The molecule has 1 aromatic rings. The highest BCUT2D eigenvalue weighted by Crippen LogP contribution is 2.41. The number of hydrogen-bond donors (Lipinski definition) is 1. The van der Waals surface area contributed by atoms with E-state index in [2.05, 4.69) is 13.8 Å². The van der Waals surface area contributed by atoms with Gasteiger partial charge in [-0.05, 0) is 61.3 Å². The zero-order valence-electron chi connectivity index (χ0n) is 12.1. The summed E-state index contributed by atoms with van der Waals surface area (Å²) in [6, 6.07) is 5.76. The largest absolute Gasteiger partial charge is 0.496 e. The van der Waals surface area contributed by atoms with Crippen molar-refractivity contribution < 1.29 is 4.74 Å². The third kappa shape index (κ3) is 3.64. The van der Waals surface area contributed by atoms with E-state index < -0.39 is 0 Å². The first-order chi connectivity index (χ1) is 8.84. The zero-order chi connectivity index (χ0) is 14.1. The molecule has 2 rings (SSSR count). The predicted molar refractivity (Wildman–Crippen MR) is 80.9 cm³/mol. The van der Waals surface area contributed by atoms with Gasteiger partial charge in [0, 0.05) is 10.6 Å². The van der Waals surface area contributed by atoms with Crippen LogP contribution in [0.15, 0.2) is 18.2 Å². The second-order valence-corrected chi connectivity index (χ2v) is 7.10. The molecule has 1 saturated carbocycles. The van der Waals surface area contributed by atoms with E-state index in [1.165, 1.54) is 12.8 Å². The van der Waals surface area contributed by atoms with Gasteiger partial charge < -0.3 is 10.5 Å². The highest BCUT2D eigenvalue weighted by molar-refractivity contribution is 6.30. The molecular weight excluding hydrogens is 258 g/mol. The summed E-state index contributed by atoms with van der Waals surface area (Å²) in [6.45, 7) is 4.65. The summed E-state index contributed by atoms with van der Waals surface area (Å²) in [4.78, 5) is 0. The molecule has 0 unspecified atom stereocenters. The minimum Gasteiger partial charge on any atom is -0.496 e. The van der Waals surface area contributed by atoms with E-state index in [-0.39, 0.29) is 5.54 Å². The van der Waals surface area contributed by atoms with E-state index in [9.17, 15) is 0 Å². The molecule has 0 aliphatic heterocycles. The van der Waals surface area contributed by atoms with Gasteiger partial charge >= 0.3 is 0 Å². The number of methoxy groups -OCH3 is 1. The molecule has 2 N–H and O–H groups in total. The lowest BCUT2D eigenvalue weighted by molar-refractivity contribution is 0.164. The number of benzene rings is 1. The first kappa shape index (κ1) is 14.7. The smallest absolute Gasteiger partial charge is 0.122 e. The van der Waals surface area contributed by atoms with Crippen LogP contribution in [0.2, 0.25) is 5.02 Å². The average Bonchev–Trinajstić information content (AvgIpc) is 2.34. The number of hydrogen-bond acceptors (Lipinski definition) is 2. The Labute approximate surface area is 121 Å². The van der Waals surface area contributed by atoms with Crippen molar-refractivity contribution in [2.75, 3.05) is 7.11 Å². The normalized spacial score (nSPS) is 21.1. The molecule has 0 radical (unpaired) electrons. The van der Waals surface area contributed by atoms with Crippen LogP contribution in [0.25, 0.3) is 0 Å². The third-order valence-electron chi connectivity index (χ3n) is 4.38. The van der Waals surface area contributed by atoms with Crippen molar-refractivity contribution in [1.82, 2.24) is 0 Å². The molecule has 0 atom stereocenters. The standard InChI is InChI=1S/C16H24ClNO/c1-15(2)6-8-16(18,9-7-15)11-12-10-13(17)4-5-14(12)19-3/h4-5,10H,6-9,11,18H2,1-3H3. The van der Waals surface area contributed by atoms with Crippen molar-refractivity contribution in [3.63, 3.8) is 0 Å². The summed E-state index contributed by atoms with van der Waals surface area (Å²) in [7, 11) is 1.69. The quantitative estimate of drug-likeness (QED) is 0.902. The van der Waals surface area contributed by atoms with Crippen LogP contribution in [-0.2, 0) is 6.42 Å². The van der Waals surface area contributed by atoms with Gasteiger partial charge in [0.1, 0.15) is 5.75 Å². The molecule has 1 aromatic carbocycles. The Morgan fingerprint density at radius 3 is 2.42 bits per heavy atom. The van der Waals surface area contributed by atoms with Gasteiger partial charge in [-0.3, -0.25) is 0 Å². The highest BCUT2D eigenvalue weighted by atomic mass is 35.5. The molecule has 0 heterocycles. The van der Waals surface area contributed by atoms with Crippen LogP contribution in [0.5, 0.6) is 5.75 Å². The van der Waals surface area contributed by atoms with E-state index in [0.29, 0.717) is 5.41 Å². The van der Waals surface area contributed by atoms with Gasteiger partial charge in [0.15, 0.2) is 0 Å². The summed E-state index contributed by atoms with van der Waals surface area (Å²) < 4.78 is 5.41. The van der Waals surface area contributed by atoms with Gasteiger partial charge in [0.2, 0.25) is 0 Å². The van der Waals surface area contributed by atoms with Crippen molar-refractivity contribution in [1.29, 1.82) is 0 Å². The summed E-state index contributed by atoms with van der Waals surface area (Å²) in [6.07, 6.45) is 5.34. The molecule has 0 amide bonds. The fourth-order valence-corrected chi connectivity index (χ4v) is 3.06. The van der Waals surface area contributed by atoms with Gasteiger partial charge in [-0.2, -0.15) is 0 Å². The van der Waals surface area contributed by atoms with Crippen molar-refractivity contribution in [3.8, 4) is 5.75 Å². The second-order valence-electron chi connectivity index (χ2n) is 6.66. The number of ether oxygens (including phenoxy) is 1. The van der Waals surface area contributed by atoms with E-state index in [0.717, 1.165) is 35.6 Å². The topological polar surface area (TPSA) is 35.2 Å². The zero-order valence-corrected chi connectivity index (χ0v) is 12.9. The maximum Gasteiger partial charge on any atom is 0.122 e. The Hall–Kier alpha value is -0.730. The number of nitrogens with two attached hydrogens (primary N) is 1. The Bertz CT molecular complexity index is 446. The molecule has 19 heavy (non-hydrogen) atoms. The molecule has 3 heteroatoms. The number of rotatable bonds is 3. The molecule has 2 nitrogen and oxygen atoms in total. The first-order valence-corrected chi connectivity index (χ1v) is 7.33. The fraction of sp³-hybridized carbons (Fsp3) is 0.625. The van der Waals surface area contributed by atoms with E-state index >= 15 is 0 Å². The van der Waals surface area contributed by atoms with E-state index in [1.807, 2.05) is 18.2 Å². The van der Waals surface area contributed by atoms with Crippen LogP contribution >= 0.6 is 11.6 Å². The molecular formula is C16H24ClNO. The van der Waals surface area contributed by atoms with Crippen molar-refractivity contribution in [2.24, 2.45) is 11.1 Å². The molecule has 0 saturated heterocycles. The molecule has 1 fully saturated rings. The van der Waals surface area contributed by atoms with Crippen molar-refractivity contribution in [3.05, 3.63) is 28.8 Å². The van der Waals surface area contributed by atoms with Gasteiger partial charge in [-0.15, -0.1) is 0 Å². The minimum atomic E-state index is -0.118. The molecule has 106 valence electrons. The van der Waals surface area contributed by atoms with Crippen LogP contribution in [0.3, 0.4) is 0 Å². The lowest BCUT2D eigenvalue weighted by Crippen LogP contribution is -2.46. The van der Waals surface area contributed by atoms with Crippen LogP contribution in [0.4, 0.5) is 0 Å². The molecule has 1 aliphatic carbocycles. The van der Waals surface area contributed by atoms with Crippen LogP contribution in [-0.4, -0.2) is 12.6 Å². The fourth-order valence-electron chi connectivity index (χ4n) is 2.87. The van der Waals surface area contributed by atoms with E-state index in [1.54, 1.807) is 7.11 Å². The Morgan fingerprint density at radius 2 is 1.84 bits per heavy atom. The Balaban J connectivity index is 2.15. The minimum absolute atomic E-state index is 0.118. The van der Waals surface area contributed by atoms with Crippen LogP contribution in [0, 0.1) is 5.41 Å². The Morgan fingerprint density at radius 1 is 1.21 bits per heavy atom. The summed E-state index contributed by atoms with van der Waals surface area (Å²) in [5, 5.41) is 0.746. The van der Waals surface area contributed by atoms with Crippen molar-refractivity contribution >= 4 is 11.6 Å². The van der Waals surface area contributed by atoms with Gasteiger partial charge in [-0.1, -0.05) is 25.4 Å². The summed E-state index contributed by atoms with van der Waals surface area (Å²) in [5.74, 6) is 0.888. The van der Waals surface area contributed by atoms with Gasteiger partial charge in [-0.25, -0.2) is 0 Å². The first-order valence-electron chi connectivity index (χ1n) is 6.95. The average molecular weight is 282 g/mol. The molecule has 0 spiro atoms. The Kier molecular flexibility index (Phi) is 4.12. The maximum absolute atomic E-state index is 6.59. The van der Waals surface area contributed by atoms with E-state index in [4.69, 9.17) is 22.1 Å². The second kappa shape index (κ2) is 5.34. The monoisotopic (exact) mass is 281 g/mol. The molecule has 0 aromatic heterocycles. The van der Waals surface area contributed by atoms with Crippen LogP contribution < -0.4 is 10.5 Å². The predicted octanol–water partition coefficient (Wildman–Crippen LogP) is 4.19. The van der Waals surface area contributed by atoms with Crippen molar-refractivity contribution in [2.45, 2.75) is 51.5 Å². The summed E-state index contributed by atoms with van der Waals surface area (Å²) in [5.41, 5.74) is 8.02. The summed E-state index contributed by atoms with van der Waals surface area (Å²) >= 11 is 6.09. The van der Waals surface area contributed by atoms with Gasteiger partial charge in [0.25, 0.3) is 0 Å². The van der Waals surface area contributed by atoms with Gasteiger partial charge in [0.05, 0.1) is 7.11 Å². The highest BCUT2D eigenvalue weighted by Gasteiger charge is 2.35. The maximum atomic E-state index is 6.59.